The van der Waals surface area contributed by atoms with Gasteiger partial charge in [-0.25, -0.2) is 0 Å². The Morgan fingerprint density at radius 3 is 2.59 bits per heavy atom. The highest BCUT2D eigenvalue weighted by Crippen LogP contribution is 2.51. The van der Waals surface area contributed by atoms with Gasteiger partial charge in [-0.05, 0) is 71.8 Å². The number of nitrogens with one attached hydrogen (secondary N) is 1. The summed E-state index contributed by atoms with van der Waals surface area (Å²) in [4.78, 5) is 24.2. The molecule has 3 aromatic rings. The highest BCUT2D eigenvalue weighted by molar-refractivity contribution is 6.33. The summed E-state index contributed by atoms with van der Waals surface area (Å²) in [7, 11) is 0. The van der Waals surface area contributed by atoms with E-state index in [1.807, 2.05) is 55.5 Å². The first-order valence-corrected chi connectivity index (χ1v) is 11.5. The average molecular weight is 482 g/mol. The molecule has 0 bridgehead atoms. The zero-order valence-electron chi connectivity index (χ0n) is 18.7. The lowest BCUT2D eigenvalue weighted by molar-refractivity contribution is -0.135. The fourth-order valence-corrected chi connectivity index (χ4v) is 4.74. The van der Waals surface area contributed by atoms with E-state index in [0.29, 0.717) is 22.9 Å². The first-order valence-electron chi connectivity index (χ1n) is 11.1. The molecule has 0 atom stereocenters. The molecule has 178 valence electrons. The van der Waals surface area contributed by atoms with Crippen molar-refractivity contribution in [3.05, 3.63) is 76.3 Å². The number of ether oxygens (including phenoxy) is 2. The molecular weight excluding hydrogens is 454 g/mol. The fourth-order valence-electron chi connectivity index (χ4n) is 4.49. The van der Waals surface area contributed by atoms with Crippen LogP contribution in [0, 0.1) is 6.92 Å². The van der Waals surface area contributed by atoms with Crippen molar-refractivity contribution in [1.29, 1.82) is 0 Å². The number of carboxylic acid groups (broad SMARTS) is 1. The molecule has 3 aromatic carbocycles. The highest BCUT2D eigenvalue weighted by Gasteiger charge is 2.50. The van der Waals surface area contributed by atoms with Gasteiger partial charge in [-0.3, -0.25) is 9.59 Å². The summed E-state index contributed by atoms with van der Waals surface area (Å²) < 4.78 is 10.9. The SMILES string of the molecule is Cc1ccc(CC(=O)C2(c3ccc4c(c3)OCO4)CC2)cc1-c1ccc(NCC(=O)O)c(Cl)c1.[HH].[HH]. The number of fused-ring (bicyclic) bond motifs is 1. The monoisotopic (exact) mass is 481 g/mol. The minimum absolute atomic E-state index is 0. The number of aryl methyl sites for hydroxylation is 1. The molecular formula is C27H28ClNO5. The maximum Gasteiger partial charge on any atom is 0.322 e. The number of rotatable bonds is 8. The molecule has 1 fully saturated rings. The molecule has 1 saturated carbocycles. The van der Waals surface area contributed by atoms with E-state index in [9.17, 15) is 9.59 Å². The van der Waals surface area contributed by atoms with Crippen LogP contribution < -0.4 is 14.8 Å². The van der Waals surface area contributed by atoms with Gasteiger partial charge < -0.3 is 19.9 Å². The van der Waals surface area contributed by atoms with Gasteiger partial charge in [0.25, 0.3) is 0 Å². The maximum atomic E-state index is 13.4. The van der Waals surface area contributed by atoms with Crippen LogP contribution >= 0.6 is 11.6 Å². The standard InChI is InChI=1S/C27H24ClNO5.2H2/c1-16-2-3-17(10-20(16)18-4-6-22(21(28)12-18)29-14-26(31)32)11-25(30)27(8-9-27)19-5-7-23-24(13-19)34-15-33-23;;/h2-7,10,12-13,29H,8-9,11,14-15H2,1H3,(H,31,32);2*1H. The Kier molecular flexibility index (Phi) is 5.70. The Labute approximate surface area is 205 Å². The lowest BCUT2D eigenvalue weighted by Gasteiger charge is -2.16. The van der Waals surface area contributed by atoms with Crippen molar-refractivity contribution in [2.75, 3.05) is 18.7 Å². The van der Waals surface area contributed by atoms with E-state index in [-0.39, 0.29) is 22.0 Å². The molecule has 0 unspecified atom stereocenters. The predicted octanol–water partition coefficient (Wildman–Crippen LogP) is 5.88. The number of anilines is 1. The minimum Gasteiger partial charge on any atom is -0.480 e. The Balaban J connectivity index is 0.00000180. The Morgan fingerprint density at radius 1 is 1.06 bits per heavy atom. The van der Waals surface area contributed by atoms with Crippen molar-refractivity contribution in [3.8, 4) is 22.6 Å². The first kappa shape index (κ1) is 22.3. The third kappa shape index (κ3) is 4.21. The second-order valence-corrected chi connectivity index (χ2v) is 9.25. The molecule has 0 aromatic heterocycles. The van der Waals surface area contributed by atoms with Gasteiger partial charge in [0.2, 0.25) is 6.79 Å². The second kappa shape index (κ2) is 8.69. The van der Waals surface area contributed by atoms with E-state index >= 15 is 0 Å². The van der Waals surface area contributed by atoms with Gasteiger partial charge in [-0.1, -0.05) is 41.9 Å². The van der Waals surface area contributed by atoms with Crippen LogP contribution in [0.4, 0.5) is 5.69 Å². The maximum absolute atomic E-state index is 13.4. The summed E-state index contributed by atoms with van der Waals surface area (Å²) in [5.41, 5.74) is 5.02. The van der Waals surface area contributed by atoms with Gasteiger partial charge >= 0.3 is 5.97 Å². The summed E-state index contributed by atoms with van der Waals surface area (Å²) in [6.07, 6.45) is 2.02. The van der Waals surface area contributed by atoms with Crippen LogP contribution in [0.15, 0.2) is 54.6 Å². The molecule has 7 heteroatoms. The van der Waals surface area contributed by atoms with Crippen molar-refractivity contribution in [3.63, 3.8) is 0 Å². The summed E-state index contributed by atoms with van der Waals surface area (Å²) in [6.45, 7) is 2.02. The molecule has 0 saturated heterocycles. The van der Waals surface area contributed by atoms with Gasteiger partial charge in [-0.2, -0.15) is 0 Å². The second-order valence-electron chi connectivity index (χ2n) is 8.84. The van der Waals surface area contributed by atoms with Crippen LogP contribution in [0.25, 0.3) is 11.1 Å². The number of hydrogen-bond donors (Lipinski definition) is 2. The van der Waals surface area contributed by atoms with Gasteiger partial charge in [0.05, 0.1) is 16.1 Å². The van der Waals surface area contributed by atoms with Gasteiger partial charge in [0.15, 0.2) is 11.5 Å². The molecule has 1 aliphatic heterocycles. The fraction of sp³-hybridized carbons (Fsp3) is 0.259. The molecule has 1 heterocycles. The van der Waals surface area contributed by atoms with E-state index < -0.39 is 11.4 Å². The van der Waals surface area contributed by atoms with E-state index in [2.05, 4.69) is 5.32 Å². The molecule has 0 amide bonds. The number of ketones is 1. The zero-order chi connectivity index (χ0) is 23.9. The predicted molar refractivity (Wildman–Crippen MR) is 134 cm³/mol. The van der Waals surface area contributed by atoms with E-state index in [0.717, 1.165) is 46.4 Å². The van der Waals surface area contributed by atoms with Crippen LogP contribution in [0.1, 0.15) is 32.4 Å². The number of carboxylic acids is 1. The van der Waals surface area contributed by atoms with Crippen LogP contribution in [-0.2, 0) is 21.4 Å². The summed E-state index contributed by atoms with van der Waals surface area (Å²) in [5.74, 6) is 0.667. The molecule has 6 nitrogen and oxygen atoms in total. The summed E-state index contributed by atoms with van der Waals surface area (Å²) in [6, 6.07) is 17.3. The number of hydrogen-bond acceptors (Lipinski definition) is 5. The van der Waals surface area contributed by atoms with Crippen LogP contribution in [0.5, 0.6) is 11.5 Å². The largest absolute Gasteiger partial charge is 0.480 e. The number of aliphatic carboxylic acids is 1. The van der Waals surface area contributed by atoms with Gasteiger partial charge in [0, 0.05) is 9.27 Å². The zero-order valence-corrected chi connectivity index (χ0v) is 19.4. The minimum atomic E-state index is -0.956. The lowest BCUT2D eigenvalue weighted by atomic mass is 9.87. The van der Waals surface area contributed by atoms with E-state index in [4.69, 9.17) is 26.2 Å². The van der Waals surface area contributed by atoms with Crippen molar-refractivity contribution >= 4 is 29.0 Å². The van der Waals surface area contributed by atoms with Crippen molar-refractivity contribution in [2.45, 2.75) is 31.6 Å². The van der Waals surface area contributed by atoms with E-state index in [1.165, 1.54) is 0 Å². The van der Waals surface area contributed by atoms with Gasteiger partial charge in [-0.15, -0.1) is 0 Å². The normalized spacial score (nSPS) is 15.1. The number of carbonyl (C=O) groups is 2. The number of benzene rings is 3. The summed E-state index contributed by atoms with van der Waals surface area (Å²) in [5, 5.41) is 12.1. The average Bonchev–Trinajstić information content (AvgIpc) is 3.50. The smallest absolute Gasteiger partial charge is 0.322 e. The third-order valence-corrected chi connectivity index (χ3v) is 6.90. The van der Waals surface area contributed by atoms with Crippen LogP contribution in [-0.4, -0.2) is 30.2 Å². The van der Waals surface area contributed by atoms with Crippen molar-refractivity contribution < 1.29 is 27.0 Å². The molecule has 2 N–H and O–H groups in total. The third-order valence-electron chi connectivity index (χ3n) is 6.59. The summed E-state index contributed by atoms with van der Waals surface area (Å²) >= 11 is 6.39. The molecule has 0 spiro atoms. The molecule has 2 aliphatic rings. The Morgan fingerprint density at radius 2 is 1.85 bits per heavy atom. The van der Waals surface area contributed by atoms with Crippen molar-refractivity contribution in [1.82, 2.24) is 0 Å². The first-order chi connectivity index (χ1) is 16.4. The van der Waals surface area contributed by atoms with Gasteiger partial charge in [0.1, 0.15) is 12.3 Å². The van der Waals surface area contributed by atoms with Crippen molar-refractivity contribution in [2.24, 2.45) is 0 Å². The molecule has 34 heavy (non-hydrogen) atoms. The van der Waals surface area contributed by atoms with Crippen LogP contribution in [0.2, 0.25) is 5.02 Å². The molecule has 0 radical (unpaired) electrons. The van der Waals surface area contributed by atoms with Crippen LogP contribution in [0.3, 0.4) is 0 Å². The topological polar surface area (TPSA) is 84.9 Å². The quantitative estimate of drug-likeness (QED) is 0.418. The number of halogens is 1. The molecule has 5 rings (SSSR count). The number of carbonyl (C=O) groups excluding carboxylic acids is 1. The molecule has 1 aliphatic carbocycles. The van der Waals surface area contributed by atoms with E-state index in [1.54, 1.807) is 6.07 Å². The Hall–Kier alpha value is -3.51. The highest BCUT2D eigenvalue weighted by atomic mass is 35.5. The lowest BCUT2D eigenvalue weighted by Crippen LogP contribution is -2.22. The Bertz CT molecular complexity index is 1310. The number of Topliss-reactive ketones (excluding diaryl/α,β-unsaturated/α-hetero) is 1.